The second kappa shape index (κ2) is 3.58. The molecule has 0 spiro atoms. The minimum absolute atomic E-state index is 0.000694. The van der Waals surface area contributed by atoms with Gasteiger partial charge in [-0.1, -0.05) is 0 Å². The van der Waals surface area contributed by atoms with Crippen molar-refractivity contribution in [1.29, 1.82) is 0 Å². The van der Waals surface area contributed by atoms with Crippen LogP contribution < -0.4 is 5.32 Å². The summed E-state index contributed by atoms with van der Waals surface area (Å²) in [6.45, 7) is 0. The van der Waals surface area contributed by atoms with Crippen LogP contribution in [0.15, 0.2) is 12.1 Å². The molecule has 0 atom stereocenters. The number of fused-ring (bicyclic) bond motifs is 1. The average Bonchev–Trinajstić information content (AvgIpc) is 2.18. The van der Waals surface area contributed by atoms with E-state index in [2.05, 4.69) is 15.3 Å². The van der Waals surface area contributed by atoms with E-state index in [1.165, 1.54) is 0 Å². The maximum atomic E-state index is 13.3. The van der Waals surface area contributed by atoms with E-state index in [0.29, 0.717) is 5.82 Å². The highest BCUT2D eigenvalue weighted by Gasteiger charge is 2.11. The Morgan fingerprint density at radius 3 is 2.67 bits per heavy atom. The Bertz CT molecular complexity index is 530. The minimum atomic E-state index is -0.759. The Labute approximate surface area is 89.1 Å². The molecule has 0 amide bonds. The van der Waals surface area contributed by atoms with Crippen molar-refractivity contribution in [3.8, 4) is 0 Å². The zero-order valence-electron chi connectivity index (χ0n) is 7.68. The van der Waals surface area contributed by atoms with Crippen LogP contribution in [0.3, 0.4) is 0 Å². The molecule has 0 aliphatic carbocycles. The van der Waals surface area contributed by atoms with E-state index in [1.54, 1.807) is 7.05 Å². The van der Waals surface area contributed by atoms with Crippen LogP contribution in [0.5, 0.6) is 0 Å². The van der Waals surface area contributed by atoms with Crippen molar-refractivity contribution in [2.75, 3.05) is 12.4 Å². The van der Waals surface area contributed by atoms with E-state index >= 15 is 0 Å². The van der Waals surface area contributed by atoms with Gasteiger partial charge in [0.05, 0.1) is 0 Å². The number of hydrogen-bond donors (Lipinski definition) is 1. The van der Waals surface area contributed by atoms with Gasteiger partial charge in [-0.2, -0.15) is 0 Å². The van der Waals surface area contributed by atoms with Crippen molar-refractivity contribution in [1.82, 2.24) is 9.97 Å². The molecule has 0 radical (unpaired) electrons. The fraction of sp³-hybridized carbons (Fsp3) is 0.111. The first kappa shape index (κ1) is 10.0. The van der Waals surface area contributed by atoms with Crippen molar-refractivity contribution in [3.63, 3.8) is 0 Å². The van der Waals surface area contributed by atoms with Crippen LogP contribution in [-0.2, 0) is 0 Å². The second-order valence-corrected chi connectivity index (χ2v) is 3.21. The fourth-order valence-electron chi connectivity index (χ4n) is 1.32. The molecule has 0 unspecified atom stereocenters. The molecule has 3 nitrogen and oxygen atoms in total. The van der Waals surface area contributed by atoms with E-state index in [1.807, 2.05) is 0 Å². The highest BCUT2D eigenvalue weighted by Crippen LogP contribution is 2.24. The highest BCUT2D eigenvalue weighted by atomic mass is 35.5. The van der Waals surface area contributed by atoms with Gasteiger partial charge in [0.2, 0.25) is 5.28 Å². The number of rotatable bonds is 1. The molecular formula is C9H6ClF2N3. The molecule has 1 heterocycles. The van der Waals surface area contributed by atoms with Crippen molar-refractivity contribution < 1.29 is 8.78 Å². The van der Waals surface area contributed by atoms with Crippen LogP contribution in [0.2, 0.25) is 5.28 Å². The molecule has 2 aromatic rings. The molecular weight excluding hydrogens is 224 g/mol. The summed E-state index contributed by atoms with van der Waals surface area (Å²) in [7, 11) is 1.58. The SMILES string of the molecule is CNc1nc(Cl)nc2c(F)cc(F)cc12. The molecule has 15 heavy (non-hydrogen) atoms. The Balaban J connectivity index is 2.89. The molecule has 1 aromatic heterocycles. The highest BCUT2D eigenvalue weighted by molar-refractivity contribution is 6.28. The van der Waals surface area contributed by atoms with Gasteiger partial charge in [0, 0.05) is 18.5 Å². The summed E-state index contributed by atoms with van der Waals surface area (Å²) in [6.07, 6.45) is 0. The lowest BCUT2D eigenvalue weighted by Gasteiger charge is -2.05. The smallest absolute Gasteiger partial charge is 0.225 e. The third-order valence-electron chi connectivity index (χ3n) is 1.93. The quantitative estimate of drug-likeness (QED) is 0.764. The molecule has 0 aliphatic rings. The van der Waals surface area contributed by atoms with Gasteiger partial charge < -0.3 is 5.32 Å². The van der Waals surface area contributed by atoms with E-state index in [4.69, 9.17) is 11.6 Å². The number of halogens is 3. The van der Waals surface area contributed by atoms with Crippen LogP contribution in [0.4, 0.5) is 14.6 Å². The van der Waals surface area contributed by atoms with Crippen LogP contribution in [-0.4, -0.2) is 17.0 Å². The molecule has 1 N–H and O–H groups in total. The monoisotopic (exact) mass is 229 g/mol. The van der Waals surface area contributed by atoms with Gasteiger partial charge in [-0.3, -0.25) is 0 Å². The minimum Gasteiger partial charge on any atom is -0.372 e. The maximum Gasteiger partial charge on any atom is 0.225 e. The number of aromatic nitrogens is 2. The van der Waals surface area contributed by atoms with Gasteiger partial charge in [0.25, 0.3) is 0 Å². The molecule has 6 heteroatoms. The van der Waals surface area contributed by atoms with Crippen LogP contribution in [0.1, 0.15) is 0 Å². The third kappa shape index (κ3) is 1.70. The lowest BCUT2D eigenvalue weighted by atomic mass is 10.2. The van der Waals surface area contributed by atoms with E-state index in [-0.39, 0.29) is 16.2 Å². The summed E-state index contributed by atoms with van der Waals surface area (Å²) in [5.41, 5.74) is 0.000694. The van der Waals surface area contributed by atoms with Gasteiger partial charge >= 0.3 is 0 Å². The van der Waals surface area contributed by atoms with Crippen molar-refractivity contribution in [2.45, 2.75) is 0 Å². The molecule has 0 bridgehead atoms. The number of benzene rings is 1. The molecule has 0 saturated carbocycles. The number of nitrogens with one attached hydrogen (secondary N) is 1. The normalized spacial score (nSPS) is 10.7. The van der Waals surface area contributed by atoms with Crippen LogP contribution in [0.25, 0.3) is 10.9 Å². The zero-order valence-corrected chi connectivity index (χ0v) is 8.44. The van der Waals surface area contributed by atoms with Gasteiger partial charge in [0.15, 0.2) is 5.82 Å². The predicted molar refractivity (Wildman–Crippen MR) is 54.0 cm³/mol. The second-order valence-electron chi connectivity index (χ2n) is 2.88. The topological polar surface area (TPSA) is 37.8 Å². The summed E-state index contributed by atoms with van der Waals surface area (Å²) in [5.74, 6) is -1.14. The Morgan fingerprint density at radius 1 is 1.27 bits per heavy atom. The van der Waals surface area contributed by atoms with E-state index < -0.39 is 11.6 Å². The first-order valence-electron chi connectivity index (χ1n) is 4.12. The van der Waals surface area contributed by atoms with E-state index in [9.17, 15) is 8.78 Å². The summed E-state index contributed by atoms with van der Waals surface area (Å²) in [5, 5.41) is 2.87. The third-order valence-corrected chi connectivity index (χ3v) is 2.10. The zero-order chi connectivity index (χ0) is 11.0. The van der Waals surface area contributed by atoms with Crippen molar-refractivity contribution in [2.24, 2.45) is 0 Å². The van der Waals surface area contributed by atoms with E-state index in [0.717, 1.165) is 12.1 Å². The summed E-state index contributed by atoms with van der Waals surface area (Å²) in [6, 6.07) is 1.91. The molecule has 78 valence electrons. The Morgan fingerprint density at radius 2 is 2.00 bits per heavy atom. The van der Waals surface area contributed by atoms with Crippen LogP contribution in [0, 0.1) is 11.6 Å². The van der Waals surface area contributed by atoms with Crippen molar-refractivity contribution in [3.05, 3.63) is 29.1 Å². The van der Waals surface area contributed by atoms with Gasteiger partial charge in [-0.05, 0) is 17.7 Å². The van der Waals surface area contributed by atoms with Crippen LogP contribution >= 0.6 is 11.6 Å². The summed E-state index contributed by atoms with van der Waals surface area (Å²) in [4.78, 5) is 7.51. The molecule has 0 saturated heterocycles. The average molecular weight is 230 g/mol. The number of anilines is 1. The molecule has 1 aromatic carbocycles. The fourth-order valence-corrected chi connectivity index (χ4v) is 1.49. The number of hydrogen-bond acceptors (Lipinski definition) is 3. The number of nitrogens with zero attached hydrogens (tertiary/aromatic N) is 2. The van der Waals surface area contributed by atoms with Gasteiger partial charge in [0.1, 0.15) is 17.2 Å². The molecule has 0 fully saturated rings. The first-order valence-corrected chi connectivity index (χ1v) is 4.49. The van der Waals surface area contributed by atoms with Gasteiger partial charge in [-0.15, -0.1) is 0 Å². The Kier molecular flexibility index (Phi) is 2.40. The van der Waals surface area contributed by atoms with Crippen molar-refractivity contribution >= 4 is 28.3 Å². The Hall–Kier alpha value is -1.49. The predicted octanol–water partition coefficient (Wildman–Crippen LogP) is 2.60. The lowest BCUT2D eigenvalue weighted by molar-refractivity contribution is 0.590. The lowest BCUT2D eigenvalue weighted by Crippen LogP contribution is -1.98. The van der Waals surface area contributed by atoms with Gasteiger partial charge in [-0.25, -0.2) is 18.7 Å². The first-order chi connectivity index (χ1) is 7.11. The largest absolute Gasteiger partial charge is 0.372 e. The summed E-state index contributed by atoms with van der Waals surface area (Å²) < 4.78 is 26.3. The standard InChI is InChI=1S/C9H6ClF2N3/c1-13-8-5-2-4(11)3-6(12)7(5)14-9(10)15-8/h2-3H,1H3,(H,13,14,15). The molecule has 0 aliphatic heterocycles. The molecule has 2 rings (SSSR count). The maximum absolute atomic E-state index is 13.3. The summed E-state index contributed by atoms with van der Waals surface area (Å²) >= 11 is 5.59.